The fourth-order valence-electron chi connectivity index (χ4n) is 10.2. The second kappa shape index (κ2) is 13.7. The summed E-state index contributed by atoms with van der Waals surface area (Å²) >= 11 is 0. The predicted molar refractivity (Wildman–Crippen MR) is 247 cm³/mol. The minimum Gasteiger partial charge on any atom is -0.310 e. The van der Waals surface area contributed by atoms with E-state index in [9.17, 15) is 0 Å². The maximum absolute atomic E-state index is 2.45. The molecule has 0 aliphatic heterocycles. The second-order valence-corrected chi connectivity index (χ2v) is 16.5. The molecule has 0 bridgehead atoms. The first kappa shape index (κ1) is 35.0. The quantitative estimate of drug-likeness (QED) is 0.163. The Morgan fingerprint density at radius 2 is 0.678 bits per heavy atom. The van der Waals surface area contributed by atoms with Gasteiger partial charge in [-0.2, -0.15) is 0 Å². The Balaban J connectivity index is 1.17. The van der Waals surface area contributed by atoms with E-state index in [1.807, 2.05) is 0 Å². The topological polar surface area (TPSA) is 3.24 Å². The van der Waals surface area contributed by atoms with Crippen LogP contribution in [0.2, 0.25) is 0 Å². The zero-order valence-electron chi connectivity index (χ0n) is 33.3. The van der Waals surface area contributed by atoms with Crippen molar-refractivity contribution in [2.75, 3.05) is 4.90 Å². The zero-order chi connectivity index (χ0) is 39.6. The third-order valence-electron chi connectivity index (χ3n) is 12.9. The van der Waals surface area contributed by atoms with Gasteiger partial charge >= 0.3 is 0 Å². The van der Waals surface area contributed by atoms with Gasteiger partial charge < -0.3 is 4.90 Å². The molecule has 1 nitrogen and oxygen atoms in total. The van der Waals surface area contributed by atoms with Gasteiger partial charge in [-0.1, -0.05) is 196 Å². The monoisotopic (exact) mass is 753 g/mol. The normalized spacial score (nSPS) is 13.9. The van der Waals surface area contributed by atoms with Crippen LogP contribution in [0.4, 0.5) is 17.1 Å². The van der Waals surface area contributed by atoms with Crippen LogP contribution in [0.25, 0.3) is 44.5 Å². The first-order chi connectivity index (χ1) is 29.0. The highest BCUT2D eigenvalue weighted by atomic mass is 15.1. The molecule has 1 spiro atoms. The Morgan fingerprint density at radius 1 is 0.271 bits per heavy atom. The van der Waals surface area contributed by atoms with Crippen LogP contribution in [-0.4, -0.2) is 0 Å². The number of hydrogen-bond acceptors (Lipinski definition) is 1. The van der Waals surface area contributed by atoms with Gasteiger partial charge in [-0.25, -0.2) is 0 Å². The molecule has 11 rings (SSSR count). The summed E-state index contributed by atoms with van der Waals surface area (Å²) < 4.78 is 0. The highest BCUT2D eigenvalue weighted by molar-refractivity contribution is 5.93. The summed E-state index contributed by atoms with van der Waals surface area (Å²) in [6, 6.07) is 83.0. The number of rotatable bonds is 6. The van der Waals surface area contributed by atoms with Gasteiger partial charge in [-0.05, 0) is 120 Å². The Hall–Kier alpha value is -7.22. The summed E-state index contributed by atoms with van der Waals surface area (Å²) in [5, 5.41) is 0. The standard InChI is InChI=1S/C58H43N/c1-57(2)53-26-14-16-28-55(53)58(56-29-17-15-27-54(56)57)51-25-13-12-24-49(51)50-39-47(34-35-52(50)58)59(46-32-30-43(31-33-46)40-18-6-3-7-19-40)48-37-44(41-20-8-4-9-21-41)36-45(38-48)42-22-10-5-11-23-42/h3-39H,1-2H3. The first-order valence-electron chi connectivity index (χ1n) is 20.7. The highest BCUT2D eigenvalue weighted by Crippen LogP contribution is 2.62. The van der Waals surface area contributed by atoms with Gasteiger partial charge in [0.2, 0.25) is 0 Å². The summed E-state index contributed by atoms with van der Waals surface area (Å²) in [6.07, 6.45) is 0. The lowest BCUT2D eigenvalue weighted by molar-refractivity contribution is 0.563. The van der Waals surface area contributed by atoms with Crippen LogP contribution in [-0.2, 0) is 10.8 Å². The summed E-state index contributed by atoms with van der Waals surface area (Å²) in [7, 11) is 0. The Labute approximate surface area is 347 Å². The van der Waals surface area contributed by atoms with Crippen molar-refractivity contribution in [2.24, 2.45) is 0 Å². The number of hydrogen-bond donors (Lipinski definition) is 0. The van der Waals surface area contributed by atoms with E-state index >= 15 is 0 Å². The first-order valence-corrected chi connectivity index (χ1v) is 20.7. The summed E-state index contributed by atoms with van der Waals surface area (Å²) in [4.78, 5) is 2.45. The molecular formula is C58H43N. The van der Waals surface area contributed by atoms with Crippen LogP contribution >= 0.6 is 0 Å². The molecule has 2 aliphatic rings. The molecule has 280 valence electrons. The van der Waals surface area contributed by atoms with Gasteiger partial charge in [-0.15, -0.1) is 0 Å². The molecule has 0 saturated carbocycles. The zero-order valence-corrected chi connectivity index (χ0v) is 33.3. The van der Waals surface area contributed by atoms with Crippen molar-refractivity contribution in [1.82, 2.24) is 0 Å². The molecule has 0 aromatic heterocycles. The van der Waals surface area contributed by atoms with E-state index in [0.717, 1.165) is 17.1 Å². The van der Waals surface area contributed by atoms with Gasteiger partial charge in [0.25, 0.3) is 0 Å². The van der Waals surface area contributed by atoms with E-state index < -0.39 is 5.41 Å². The van der Waals surface area contributed by atoms with Gasteiger partial charge in [0, 0.05) is 22.5 Å². The van der Waals surface area contributed by atoms with Crippen molar-refractivity contribution in [1.29, 1.82) is 0 Å². The molecule has 0 atom stereocenters. The minimum absolute atomic E-state index is 0.140. The lowest BCUT2D eigenvalue weighted by Gasteiger charge is -2.46. The SMILES string of the molecule is CC1(C)c2ccccc2C2(c3ccccc3-c3cc(N(c4ccc(-c5ccccc5)cc4)c4cc(-c5ccccc5)cc(-c5ccccc5)c4)ccc32)c2ccccc21. The third kappa shape index (κ3) is 5.46. The van der Waals surface area contributed by atoms with E-state index in [1.54, 1.807) is 0 Å². The highest BCUT2D eigenvalue weighted by Gasteiger charge is 2.53. The molecule has 9 aromatic carbocycles. The number of anilines is 3. The maximum Gasteiger partial charge on any atom is 0.0719 e. The van der Waals surface area contributed by atoms with E-state index in [-0.39, 0.29) is 5.41 Å². The molecule has 0 N–H and O–H groups in total. The van der Waals surface area contributed by atoms with E-state index in [0.29, 0.717) is 0 Å². The lowest BCUT2D eigenvalue weighted by Crippen LogP contribution is -2.40. The molecule has 0 heterocycles. The van der Waals surface area contributed by atoms with Crippen molar-refractivity contribution in [2.45, 2.75) is 24.7 Å². The largest absolute Gasteiger partial charge is 0.310 e. The molecule has 59 heavy (non-hydrogen) atoms. The Kier molecular flexibility index (Phi) is 8.13. The van der Waals surface area contributed by atoms with Crippen LogP contribution in [0.3, 0.4) is 0 Å². The molecule has 1 heteroatoms. The molecule has 0 radical (unpaired) electrons. The third-order valence-corrected chi connectivity index (χ3v) is 12.9. The molecule has 0 saturated heterocycles. The summed E-state index contributed by atoms with van der Waals surface area (Å²) in [5.41, 5.74) is 20.6. The number of nitrogens with zero attached hydrogens (tertiary/aromatic N) is 1. The lowest BCUT2D eigenvalue weighted by atomic mass is 9.55. The average molecular weight is 754 g/mol. The van der Waals surface area contributed by atoms with Crippen LogP contribution in [0, 0.1) is 0 Å². The van der Waals surface area contributed by atoms with E-state index in [1.165, 1.54) is 77.9 Å². The van der Waals surface area contributed by atoms with Crippen LogP contribution in [0.5, 0.6) is 0 Å². The fourth-order valence-corrected chi connectivity index (χ4v) is 10.2. The van der Waals surface area contributed by atoms with Gasteiger partial charge in [0.1, 0.15) is 0 Å². The number of benzene rings is 9. The summed E-state index contributed by atoms with van der Waals surface area (Å²) in [5.74, 6) is 0. The fraction of sp³-hybridized carbons (Fsp3) is 0.0690. The van der Waals surface area contributed by atoms with Crippen molar-refractivity contribution >= 4 is 17.1 Å². The molecule has 9 aromatic rings. The smallest absolute Gasteiger partial charge is 0.0719 e. The predicted octanol–water partition coefficient (Wildman–Crippen LogP) is 15.2. The van der Waals surface area contributed by atoms with Crippen LogP contribution in [0.1, 0.15) is 47.2 Å². The molecular weight excluding hydrogens is 711 g/mol. The van der Waals surface area contributed by atoms with Crippen LogP contribution in [0.15, 0.2) is 224 Å². The van der Waals surface area contributed by atoms with Crippen molar-refractivity contribution in [3.63, 3.8) is 0 Å². The molecule has 2 aliphatic carbocycles. The van der Waals surface area contributed by atoms with Gasteiger partial charge in [0.05, 0.1) is 5.41 Å². The second-order valence-electron chi connectivity index (χ2n) is 16.5. The van der Waals surface area contributed by atoms with Crippen LogP contribution < -0.4 is 4.90 Å². The van der Waals surface area contributed by atoms with Crippen molar-refractivity contribution < 1.29 is 0 Å². The molecule has 0 amide bonds. The molecule has 0 fully saturated rings. The Morgan fingerprint density at radius 3 is 1.22 bits per heavy atom. The maximum atomic E-state index is 2.45. The number of fused-ring (bicyclic) bond motifs is 9. The minimum atomic E-state index is -0.441. The van der Waals surface area contributed by atoms with Gasteiger partial charge in [-0.3, -0.25) is 0 Å². The molecule has 0 unspecified atom stereocenters. The summed E-state index contributed by atoms with van der Waals surface area (Å²) in [6.45, 7) is 4.77. The van der Waals surface area contributed by atoms with Crippen molar-refractivity contribution in [3.8, 4) is 44.5 Å². The van der Waals surface area contributed by atoms with E-state index in [4.69, 9.17) is 0 Å². The Bertz CT molecular complexity index is 2890. The average Bonchev–Trinajstić information content (AvgIpc) is 3.60. The van der Waals surface area contributed by atoms with Crippen molar-refractivity contribution in [3.05, 3.63) is 258 Å². The van der Waals surface area contributed by atoms with E-state index in [2.05, 4.69) is 243 Å². The van der Waals surface area contributed by atoms with Gasteiger partial charge in [0.15, 0.2) is 0 Å².